The monoisotopic (exact) mass is 609 g/mol. The van der Waals surface area contributed by atoms with Crippen LogP contribution in [0.15, 0.2) is 14.5 Å². The van der Waals surface area contributed by atoms with E-state index in [0.717, 1.165) is 4.90 Å². The maximum absolute atomic E-state index is 12.9. The van der Waals surface area contributed by atoms with Gasteiger partial charge in [-0.2, -0.15) is 0 Å². The van der Waals surface area contributed by atoms with Crippen LogP contribution in [0, 0.1) is 0 Å². The Bertz CT molecular complexity index is 1310. The number of ether oxygens (including phenoxy) is 2. The van der Waals surface area contributed by atoms with Crippen molar-refractivity contribution in [1.82, 2.24) is 14.9 Å². The lowest BCUT2D eigenvalue weighted by atomic mass is 10.1. The van der Waals surface area contributed by atoms with E-state index in [1.807, 2.05) is 11.6 Å². The Hall–Kier alpha value is -2.56. The van der Waals surface area contributed by atoms with Gasteiger partial charge in [0.2, 0.25) is 0 Å². The molecule has 1 aromatic rings. The zero-order valence-corrected chi connectivity index (χ0v) is 25.2. The first-order chi connectivity index (χ1) is 17.9. The second-order valence-electron chi connectivity index (χ2n) is 10.0. The topological polar surface area (TPSA) is 182 Å². The van der Waals surface area contributed by atoms with E-state index in [2.05, 4.69) is 5.32 Å². The number of sulfonamides is 1. The number of hydrogen-bond donors (Lipinski definition) is 2. The molecule has 0 fully saturated rings. The minimum atomic E-state index is -4.43. The summed E-state index contributed by atoms with van der Waals surface area (Å²) < 4.78 is 62.6. The van der Waals surface area contributed by atoms with Crippen LogP contribution in [0.3, 0.4) is 0 Å². The minimum Gasteiger partial charge on any atom is -0.460 e. The second-order valence-corrected chi connectivity index (χ2v) is 15.6. The number of thiophene rings is 1. The molecule has 0 aliphatic carbocycles. The Morgan fingerprint density at radius 1 is 1.15 bits per heavy atom. The average molecular weight is 610 g/mol. The van der Waals surface area contributed by atoms with Gasteiger partial charge in [0.1, 0.15) is 20.6 Å². The van der Waals surface area contributed by atoms with Crippen molar-refractivity contribution in [2.24, 2.45) is 0 Å². The molecule has 2 rings (SSSR count). The number of likely N-dealkylation sites (N-methyl/N-ethyl adjacent to an activating group) is 1. The summed E-state index contributed by atoms with van der Waals surface area (Å²) in [6, 6.07) is 0.896. The van der Waals surface area contributed by atoms with Gasteiger partial charge in [0.15, 0.2) is 16.4 Å². The van der Waals surface area contributed by atoms with Gasteiger partial charge in [-0.15, -0.1) is 11.3 Å². The number of carbonyl (C=O) groups excluding carboxylic acids is 4. The summed E-state index contributed by atoms with van der Waals surface area (Å²) in [6.45, 7) is 7.60. The van der Waals surface area contributed by atoms with E-state index < -0.39 is 67.6 Å². The Kier molecular flexibility index (Phi) is 10.7. The molecule has 2 N–H and O–H groups in total. The summed E-state index contributed by atoms with van der Waals surface area (Å²) in [5.41, 5.74) is -0.366. The van der Waals surface area contributed by atoms with Gasteiger partial charge in [0.25, 0.3) is 21.8 Å². The molecular formula is C23H35N3O10S3. The Balaban J connectivity index is 1.95. The van der Waals surface area contributed by atoms with Crippen LogP contribution < -0.4 is 10.0 Å². The quantitative estimate of drug-likeness (QED) is 0.340. The van der Waals surface area contributed by atoms with Crippen molar-refractivity contribution in [3.05, 3.63) is 11.6 Å². The van der Waals surface area contributed by atoms with Crippen molar-refractivity contribution in [1.29, 1.82) is 0 Å². The first-order valence-electron chi connectivity index (χ1n) is 12.2. The third-order valence-corrected chi connectivity index (χ3v) is 11.3. The predicted molar refractivity (Wildman–Crippen MR) is 141 cm³/mol. The Morgan fingerprint density at radius 2 is 1.77 bits per heavy atom. The van der Waals surface area contributed by atoms with Crippen LogP contribution in [0.25, 0.3) is 0 Å². The molecule has 16 heteroatoms. The molecule has 2 heterocycles. The molecular weight excluding hydrogens is 574 g/mol. The SMILES string of the molecule is CCN[C@H]1C[C@H](C)S(=O)(=O)c2sc(S(=O)(=O)NC(=O)CN(C)C(=O)COC(=O)CCC(=O)OC(C)(C)C)cc21. The lowest BCUT2D eigenvalue weighted by Gasteiger charge is -2.27. The second kappa shape index (κ2) is 12.7. The van der Waals surface area contributed by atoms with Crippen LogP contribution in [0.5, 0.6) is 0 Å². The summed E-state index contributed by atoms with van der Waals surface area (Å²) in [4.78, 5) is 49.0. The van der Waals surface area contributed by atoms with Gasteiger partial charge in [-0.1, -0.05) is 6.92 Å². The highest BCUT2D eigenvalue weighted by Gasteiger charge is 2.39. The molecule has 0 saturated heterocycles. The number of rotatable bonds is 11. The van der Waals surface area contributed by atoms with E-state index in [0.29, 0.717) is 23.4 Å². The number of amides is 2. The van der Waals surface area contributed by atoms with Crippen LogP contribution in [-0.4, -0.2) is 83.1 Å². The van der Waals surface area contributed by atoms with Crippen LogP contribution in [0.2, 0.25) is 0 Å². The van der Waals surface area contributed by atoms with E-state index in [1.54, 1.807) is 27.7 Å². The van der Waals surface area contributed by atoms with Crippen molar-refractivity contribution in [2.75, 3.05) is 26.7 Å². The number of esters is 2. The summed E-state index contributed by atoms with van der Waals surface area (Å²) in [6.07, 6.45) is -0.259. The fraction of sp³-hybridized carbons (Fsp3) is 0.652. The number of nitrogens with zero attached hydrogens (tertiary/aromatic N) is 1. The van der Waals surface area contributed by atoms with E-state index in [9.17, 15) is 36.0 Å². The van der Waals surface area contributed by atoms with Crippen molar-refractivity contribution < 1.29 is 45.5 Å². The normalized spacial score (nSPS) is 18.5. The molecule has 13 nitrogen and oxygen atoms in total. The fourth-order valence-corrected chi connectivity index (χ4v) is 8.60. The van der Waals surface area contributed by atoms with Crippen molar-refractivity contribution in [3.63, 3.8) is 0 Å². The van der Waals surface area contributed by atoms with Crippen LogP contribution >= 0.6 is 11.3 Å². The van der Waals surface area contributed by atoms with Gasteiger partial charge in [-0.3, -0.25) is 19.2 Å². The predicted octanol–water partition coefficient (Wildman–Crippen LogP) is 0.893. The number of nitrogens with one attached hydrogen (secondary N) is 2. The first-order valence-corrected chi connectivity index (χ1v) is 16.0. The van der Waals surface area contributed by atoms with Crippen LogP contribution in [0.4, 0.5) is 0 Å². The first kappa shape index (κ1) is 32.7. The van der Waals surface area contributed by atoms with Gasteiger partial charge < -0.3 is 19.7 Å². The van der Waals surface area contributed by atoms with Gasteiger partial charge >= 0.3 is 11.9 Å². The van der Waals surface area contributed by atoms with Crippen molar-refractivity contribution in [3.8, 4) is 0 Å². The summed E-state index contributed by atoms with van der Waals surface area (Å²) in [7, 11) is -6.93. The Labute approximate surface area is 232 Å². The fourth-order valence-electron chi connectivity index (χ4n) is 3.63. The molecule has 0 radical (unpaired) electrons. The lowest BCUT2D eigenvalue weighted by molar-refractivity contribution is -0.159. The molecule has 2 atom stereocenters. The van der Waals surface area contributed by atoms with E-state index in [1.165, 1.54) is 13.1 Å². The Morgan fingerprint density at radius 3 is 2.36 bits per heavy atom. The summed E-state index contributed by atoms with van der Waals surface area (Å²) >= 11 is 0.569. The van der Waals surface area contributed by atoms with E-state index in [-0.39, 0.29) is 33.7 Å². The number of sulfone groups is 1. The van der Waals surface area contributed by atoms with Crippen LogP contribution in [-0.2, 0) is 48.5 Å². The highest BCUT2D eigenvalue weighted by Crippen LogP contribution is 2.42. The smallest absolute Gasteiger partial charge is 0.306 e. The molecule has 0 aromatic carbocycles. The number of carbonyl (C=O) groups is 4. The van der Waals surface area contributed by atoms with Gasteiger partial charge in [0.05, 0.1) is 18.1 Å². The molecule has 39 heavy (non-hydrogen) atoms. The van der Waals surface area contributed by atoms with Crippen LogP contribution in [0.1, 0.15) is 65.5 Å². The maximum Gasteiger partial charge on any atom is 0.306 e. The summed E-state index contributed by atoms with van der Waals surface area (Å²) in [5.74, 6) is -3.26. The maximum atomic E-state index is 12.9. The van der Waals surface area contributed by atoms with Gasteiger partial charge in [-0.05, 0) is 46.7 Å². The van der Waals surface area contributed by atoms with Gasteiger partial charge in [-0.25, -0.2) is 21.6 Å². The van der Waals surface area contributed by atoms with Crippen molar-refractivity contribution >= 4 is 55.0 Å². The third-order valence-electron chi connectivity index (χ3n) is 5.51. The molecule has 1 aliphatic rings. The van der Waals surface area contributed by atoms with Gasteiger partial charge in [0, 0.05) is 18.7 Å². The number of hydrogen-bond acceptors (Lipinski definition) is 12. The van der Waals surface area contributed by atoms with E-state index in [4.69, 9.17) is 9.47 Å². The molecule has 0 spiro atoms. The summed E-state index contributed by atoms with van der Waals surface area (Å²) in [5, 5.41) is 2.45. The molecule has 0 bridgehead atoms. The molecule has 2 amide bonds. The largest absolute Gasteiger partial charge is 0.460 e. The molecule has 0 saturated carbocycles. The lowest BCUT2D eigenvalue weighted by Crippen LogP contribution is -2.42. The number of fused-ring (bicyclic) bond motifs is 1. The highest BCUT2D eigenvalue weighted by molar-refractivity contribution is 7.95. The van der Waals surface area contributed by atoms with Crippen molar-refractivity contribution in [2.45, 2.75) is 79.2 Å². The molecule has 220 valence electrons. The molecule has 1 aliphatic heterocycles. The molecule has 0 unspecified atom stereocenters. The molecule has 1 aromatic heterocycles. The average Bonchev–Trinajstić information content (AvgIpc) is 3.26. The minimum absolute atomic E-state index is 0.0548. The highest BCUT2D eigenvalue weighted by atomic mass is 32.3. The zero-order valence-electron chi connectivity index (χ0n) is 22.7. The standard InChI is InChI=1S/C23H35N3O10S3/c1-7-24-16-10-14(2)38(31,32)22-15(16)11-21(37-22)39(33,34)25-17(27)12-26(6)18(28)13-35-19(29)8-9-20(30)36-23(3,4)5/h11,14,16,24H,7-10,12-13H2,1-6H3,(H,25,27)/t14-,16-/m0/s1. The zero-order chi connectivity index (χ0) is 29.8. The van der Waals surface area contributed by atoms with E-state index >= 15 is 0 Å². The third kappa shape index (κ3) is 8.98.